The zero-order chi connectivity index (χ0) is 13.1. The Bertz CT molecular complexity index is 573. The van der Waals surface area contributed by atoms with E-state index >= 15 is 0 Å². The lowest BCUT2D eigenvalue weighted by molar-refractivity contribution is 0.482. The number of hydrogen-bond acceptors (Lipinski definition) is 1. The van der Waals surface area contributed by atoms with Crippen LogP contribution in [0.15, 0.2) is 40.9 Å². The van der Waals surface area contributed by atoms with Crippen molar-refractivity contribution < 1.29 is 4.74 Å². The average Bonchev–Trinajstić information content (AvgIpc) is 2.34. The molecule has 0 aromatic heterocycles. The quantitative estimate of drug-likeness (QED) is 0.529. The number of alkyl halides is 1. The van der Waals surface area contributed by atoms with Crippen LogP contribution in [-0.4, -0.2) is 0 Å². The van der Waals surface area contributed by atoms with Crippen LogP contribution in [0.4, 0.5) is 0 Å². The minimum absolute atomic E-state index is 0.555. The zero-order valence-electron chi connectivity index (χ0n) is 9.09. The molecule has 0 aliphatic rings. The molecule has 0 saturated heterocycles. The maximum absolute atomic E-state index is 6.11. The number of benzene rings is 2. The first kappa shape index (κ1) is 14.2. The molecule has 0 heterocycles. The first-order chi connectivity index (χ1) is 8.60. The lowest BCUT2D eigenvalue weighted by Gasteiger charge is -2.09. The van der Waals surface area contributed by atoms with E-state index in [-0.39, 0.29) is 0 Å². The smallest absolute Gasteiger partial charge is 0.147 e. The van der Waals surface area contributed by atoms with Crippen LogP contribution in [0.1, 0.15) is 5.56 Å². The van der Waals surface area contributed by atoms with E-state index in [1.807, 2.05) is 24.3 Å². The molecule has 0 aliphatic heterocycles. The van der Waals surface area contributed by atoms with Gasteiger partial charge in [-0.05, 0) is 35.9 Å². The number of halogens is 4. The minimum Gasteiger partial charge on any atom is -0.456 e. The summed E-state index contributed by atoms with van der Waals surface area (Å²) in [6.45, 7) is 0. The summed E-state index contributed by atoms with van der Waals surface area (Å²) in [7, 11) is 0. The summed E-state index contributed by atoms with van der Waals surface area (Å²) in [5.41, 5.74) is 1.02. The van der Waals surface area contributed by atoms with Gasteiger partial charge >= 0.3 is 0 Å². The van der Waals surface area contributed by atoms with Crippen molar-refractivity contribution in [1.82, 2.24) is 0 Å². The number of rotatable bonds is 3. The minimum atomic E-state index is 0.555. The van der Waals surface area contributed by atoms with Crippen LogP contribution in [0.3, 0.4) is 0 Å². The molecule has 0 saturated carbocycles. The Hall–Kier alpha value is -0.220. The topological polar surface area (TPSA) is 9.23 Å². The van der Waals surface area contributed by atoms with Crippen LogP contribution in [0.2, 0.25) is 10.0 Å². The van der Waals surface area contributed by atoms with Gasteiger partial charge in [-0.2, -0.15) is 0 Å². The summed E-state index contributed by atoms with van der Waals surface area (Å²) in [5, 5.41) is 1.93. The van der Waals surface area contributed by atoms with E-state index in [4.69, 9.17) is 27.9 Å². The molecule has 0 atom stereocenters. The summed E-state index contributed by atoms with van der Waals surface area (Å²) in [5.74, 6) is 1.25. The monoisotopic (exact) mass is 408 g/mol. The molecular weight excluding hydrogens is 403 g/mol. The van der Waals surface area contributed by atoms with E-state index in [9.17, 15) is 0 Å². The average molecular weight is 411 g/mol. The van der Waals surface area contributed by atoms with Crippen LogP contribution in [0.25, 0.3) is 0 Å². The van der Waals surface area contributed by atoms with Crippen LogP contribution >= 0.6 is 55.1 Å². The molecule has 18 heavy (non-hydrogen) atoms. The molecule has 5 heteroatoms. The third-order valence-electron chi connectivity index (χ3n) is 2.29. The third-order valence-corrected chi connectivity index (χ3v) is 4.05. The first-order valence-electron chi connectivity index (χ1n) is 5.07. The number of ether oxygens (including phenoxy) is 1. The molecule has 0 N–H and O–H groups in total. The summed E-state index contributed by atoms with van der Waals surface area (Å²) in [4.78, 5) is 0. The SMILES string of the molecule is Clc1cc(Oc2cc(Br)ccc2Cl)ccc1CBr. The molecule has 0 fully saturated rings. The van der Waals surface area contributed by atoms with E-state index in [0.29, 0.717) is 26.9 Å². The Morgan fingerprint density at radius 3 is 2.44 bits per heavy atom. The second-order valence-corrected chi connectivity index (χ2v) is 5.85. The molecule has 0 amide bonds. The van der Waals surface area contributed by atoms with Crippen molar-refractivity contribution in [3.05, 3.63) is 56.5 Å². The van der Waals surface area contributed by atoms with E-state index < -0.39 is 0 Å². The van der Waals surface area contributed by atoms with Gasteiger partial charge in [0.15, 0.2) is 0 Å². The van der Waals surface area contributed by atoms with Crippen LogP contribution < -0.4 is 4.74 Å². The fourth-order valence-corrected chi connectivity index (χ4v) is 2.77. The Balaban J connectivity index is 2.28. The first-order valence-corrected chi connectivity index (χ1v) is 7.74. The van der Waals surface area contributed by atoms with Gasteiger partial charge < -0.3 is 4.74 Å². The fraction of sp³-hybridized carbons (Fsp3) is 0.0769. The zero-order valence-corrected chi connectivity index (χ0v) is 13.8. The molecule has 0 spiro atoms. The van der Waals surface area contributed by atoms with Crippen molar-refractivity contribution in [2.45, 2.75) is 5.33 Å². The van der Waals surface area contributed by atoms with Gasteiger partial charge in [0.1, 0.15) is 11.5 Å². The largest absolute Gasteiger partial charge is 0.456 e. The normalized spacial score (nSPS) is 10.4. The summed E-state index contributed by atoms with van der Waals surface area (Å²) in [6, 6.07) is 11.0. The van der Waals surface area contributed by atoms with Gasteiger partial charge in [0.25, 0.3) is 0 Å². The fourth-order valence-electron chi connectivity index (χ4n) is 1.38. The Labute approximate surface area is 132 Å². The van der Waals surface area contributed by atoms with Crippen molar-refractivity contribution in [2.75, 3.05) is 0 Å². The van der Waals surface area contributed by atoms with E-state index in [1.54, 1.807) is 12.1 Å². The molecule has 94 valence electrons. The van der Waals surface area contributed by atoms with E-state index in [2.05, 4.69) is 31.9 Å². The van der Waals surface area contributed by atoms with Crippen LogP contribution in [-0.2, 0) is 5.33 Å². The van der Waals surface area contributed by atoms with Gasteiger partial charge in [0, 0.05) is 14.8 Å². The standard InChI is InChI=1S/C13H8Br2Cl2O/c14-7-8-1-3-10(6-12(8)17)18-13-5-9(15)2-4-11(13)16/h1-6H,7H2. The molecular formula is C13H8Br2Cl2O. The van der Waals surface area contributed by atoms with Crippen molar-refractivity contribution in [2.24, 2.45) is 0 Å². The molecule has 0 radical (unpaired) electrons. The predicted octanol–water partition coefficient (Wildman–Crippen LogP) is 6.44. The maximum atomic E-state index is 6.11. The molecule has 1 nitrogen and oxygen atoms in total. The van der Waals surface area contributed by atoms with Gasteiger partial charge in [-0.3, -0.25) is 0 Å². The maximum Gasteiger partial charge on any atom is 0.147 e. The van der Waals surface area contributed by atoms with Crippen molar-refractivity contribution >= 4 is 55.1 Å². The molecule has 0 bridgehead atoms. The Morgan fingerprint density at radius 2 is 1.78 bits per heavy atom. The lowest BCUT2D eigenvalue weighted by Crippen LogP contribution is -1.87. The predicted molar refractivity (Wildman–Crippen MR) is 83.3 cm³/mol. The highest BCUT2D eigenvalue weighted by molar-refractivity contribution is 9.10. The van der Waals surface area contributed by atoms with Gasteiger partial charge in [0.2, 0.25) is 0 Å². The number of hydrogen-bond donors (Lipinski definition) is 0. The van der Waals surface area contributed by atoms with Gasteiger partial charge in [-0.1, -0.05) is 61.1 Å². The highest BCUT2D eigenvalue weighted by Crippen LogP contribution is 2.33. The van der Waals surface area contributed by atoms with Crippen molar-refractivity contribution in [3.8, 4) is 11.5 Å². The van der Waals surface area contributed by atoms with E-state index in [1.165, 1.54) is 0 Å². The molecule has 2 rings (SSSR count). The van der Waals surface area contributed by atoms with Crippen LogP contribution in [0.5, 0.6) is 11.5 Å². The molecule has 2 aromatic carbocycles. The Morgan fingerprint density at radius 1 is 1.00 bits per heavy atom. The highest BCUT2D eigenvalue weighted by Gasteiger charge is 2.06. The summed E-state index contributed by atoms with van der Waals surface area (Å²) < 4.78 is 6.62. The molecule has 2 aromatic rings. The second kappa shape index (κ2) is 6.29. The lowest BCUT2D eigenvalue weighted by atomic mass is 10.2. The van der Waals surface area contributed by atoms with Crippen molar-refractivity contribution in [1.29, 1.82) is 0 Å². The van der Waals surface area contributed by atoms with Gasteiger partial charge in [-0.25, -0.2) is 0 Å². The van der Waals surface area contributed by atoms with Crippen LogP contribution in [0, 0.1) is 0 Å². The Kier molecular flexibility index (Phi) is 4.96. The van der Waals surface area contributed by atoms with Crippen molar-refractivity contribution in [3.63, 3.8) is 0 Å². The van der Waals surface area contributed by atoms with Gasteiger partial charge in [0.05, 0.1) is 5.02 Å². The summed E-state index contributed by atoms with van der Waals surface area (Å²) in [6.07, 6.45) is 0. The second-order valence-electron chi connectivity index (χ2n) is 3.56. The van der Waals surface area contributed by atoms with E-state index in [0.717, 1.165) is 10.0 Å². The third kappa shape index (κ3) is 3.41. The highest BCUT2D eigenvalue weighted by atomic mass is 79.9. The van der Waals surface area contributed by atoms with Gasteiger partial charge in [-0.15, -0.1) is 0 Å². The molecule has 0 aliphatic carbocycles. The summed E-state index contributed by atoms with van der Waals surface area (Å²) >= 11 is 18.9. The molecule has 0 unspecified atom stereocenters.